The first-order valence-electron chi connectivity index (χ1n) is 5.75. The number of hydrogen-bond acceptors (Lipinski definition) is 4. The van der Waals surface area contributed by atoms with Crippen molar-refractivity contribution in [3.63, 3.8) is 0 Å². The van der Waals surface area contributed by atoms with Crippen LogP contribution >= 0.6 is 0 Å². The van der Waals surface area contributed by atoms with E-state index in [4.69, 9.17) is 5.11 Å². The highest BCUT2D eigenvalue weighted by Gasteiger charge is 2.26. The summed E-state index contributed by atoms with van der Waals surface area (Å²) in [4.78, 5) is 9.79. The van der Waals surface area contributed by atoms with Gasteiger partial charge >= 0.3 is 6.16 Å². The van der Waals surface area contributed by atoms with Crippen molar-refractivity contribution in [3.05, 3.63) is 0 Å². The molecule has 2 heterocycles. The summed E-state index contributed by atoms with van der Waals surface area (Å²) in [6.45, 7) is 7.43. The minimum atomic E-state index is -1.22. The molecule has 94 valence electrons. The number of nitrogens with one attached hydrogen (secondary N) is 2. The fourth-order valence-electron chi connectivity index (χ4n) is 1.92. The third kappa shape index (κ3) is 5.32. The fourth-order valence-corrected chi connectivity index (χ4v) is 1.92. The molecule has 0 saturated carbocycles. The maximum Gasteiger partial charge on any atom is 0.506 e. The lowest BCUT2D eigenvalue weighted by atomic mass is 10.2. The Bertz CT molecular complexity index is 224. The van der Waals surface area contributed by atoms with Crippen molar-refractivity contribution in [2.45, 2.75) is 51.3 Å². The van der Waals surface area contributed by atoms with E-state index >= 15 is 0 Å². The zero-order valence-electron chi connectivity index (χ0n) is 10.2. The summed E-state index contributed by atoms with van der Waals surface area (Å²) in [5.74, 6) is 0. The zero-order chi connectivity index (χ0) is 12.2. The molecule has 0 spiro atoms. The minimum absolute atomic E-state index is 0.578. The Balaban J connectivity index is 0.000000160. The van der Waals surface area contributed by atoms with Crippen molar-refractivity contribution in [2.24, 2.45) is 0 Å². The van der Waals surface area contributed by atoms with Gasteiger partial charge in [0.25, 0.3) is 0 Å². The number of rotatable bonds is 0. The van der Waals surface area contributed by atoms with Crippen molar-refractivity contribution in [2.75, 3.05) is 13.1 Å². The van der Waals surface area contributed by atoms with Crippen LogP contribution in [0.25, 0.3) is 0 Å². The van der Waals surface area contributed by atoms with Gasteiger partial charge in [-0.2, -0.15) is 0 Å². The zero-order valence-corrected chi connectivity index (χ0v) is 10.2. The third-order valence-corrected chi connectivity index (χ3v) is 2.51. The summed E-state index contributed by atoms with van der Waals surface area (Å²) in [5.41, 5.74) is -0.578. The van der Waals surface area contributed by atoms with E-state index in [1.165, 1.54) is 25.9 Å². The standard InChI is InChI=1S/C6H12N2.C5H10O3/c1-2-6-4-7-3-5(1)8-6;1-5(2,3)8-4(6)7/h5-8H,1-4H2;1-3H3,(H,6,7). The van der Waals surface area contributed by atoms with Crippen molar-refractivity contribution < 1.29 is 14.6 Å². The second-order valence-corrected chi connectivity index (χ2v) is 5.28. The van der Waals surface area contributed by atoms with E-state index in [2.05, 4.69) is 15.4 Å². The van der Waals surface area contributed by atoms with Crippen molar-refractivity contribution in [1.82, 2.24) is 10.6 Å². The molecule has 0 radical (unpaired) electrons. The molecule has 3 N–H and O–H groups in total. The average Bonchev–Trinajstić information content (AvgIpc) is 2.42. The number of fused-ring (bicyclic) bond motifs is 2. The molecule has 0 aromatic carbocycles. The molecule has 2 rings (SSSR count). The van der Waals surface area contributed by atoms with Crippen LogP contribution in [0, 0.1) is 0 Å². The van der Waals surface area contributed by atoms with Gasteiger partial charge < -0.3 is 20.5 Å². The summed E-state index contributed by atoms with van der Waals surface area (Å²) in [5, 5.41) is 14.9. The van der Waals surface area contributed by atoms with E-state index < -0.39 is 11.8 Å². The summed E-state index contributed by atoms with van der Waals surface area (Å²) >= 11 is 0. The van der Waals surface area contributed by atoms with Crippen LogP contribution < -0.4 is 10.6 Å². The normalized spacial score (nSPS) is 27.9. The van der Waals surface area contributed by atoms with Gasteiger partial charge in [-0.1, -0.05) is 0 Å². The van der Waals surface area contributed by atoms with Crippen LogP contribution in [0.5, 0.6) is 0 Å². The monoisotopic (exact) mass is 230 g/mol. The average molecular weight is 230 g/mol. The predicted octanol–water partition coefficient (Wildman–Crippen LogP) is 1.19. The van der Waals surface area contributed by atoms with Gasteiger partial charge in [0.05, 0.1) is 0 Å². The van der Waals surface area contributed by atoms with E-state index in [-0.39, 0.29) is 0 Å². The van der Waals surface area contributed by atoms with Crippen LogP contribution in [-0.4, -0.2) is 42.0 Å². The molecule has 16 heavy (non-hydrogen) atoms. The SMILES string of the molecule is C1CC2CNCC1N2.CC(C)(C)OC(=O)O. The van der Waals surface area contributed by atoms with Crippen LogP contribution in [0.15, 0.2) is 0 Å². The Hall–Kier alpha value is -0.810. The molecule has 0 aromatic rings. The minimum Gasteiger partial charge on any atom is -0.450 e. The maximum atomic E-state index is 9.79. The van der Waals surface area contributed by atoms with Crippen molar-refractivity contribution >= 4 is 6.16 Å². The molecule has 2 bridgehead atoms. The Labute approximate surface area is 96.6 Å². The molecule has 5 heteroatoms. The second-order valence-electron chi connectivity index (χ2n) is 5.28. The predicted molar refractivity (Wildman–Crippen MR) is 61.7 cm³/mol. The smallest absolute Gasteiger partial charge is 0.450 e. The molecule has 2 atom stereocenters. The van der Waals surface area contributed by atoms with Gasteiger partial charge in [-0.3, -0.25) is 0 Å². The molecule has 5 nitrogen and oxygen atoms in total. The van der Waals surface area contributed by atoms with Crippen LogP contribution in [0.2, 0.25) is 0 Å². The fraction of sp³-hybridized carbons (Fsp3) is 0.909. The van der Waals surface area contributed by atoms with Crippen LogP contribution in [0.4, 0.5) is 4.79 Å². The number of hydrogen-bond donors (Lipinski definition) is 3. The summed E-state index contributed by atoms with van der Waals surface area (Å²) in [6.07, 6.45) is 1.55. The molecule has 0 amide bonds. The van der Waals surface area contributed by atoms with E-state index in [0.29, 0.717) is 0 Å². The first-order chi connectivity index (χ1) is 7.37. The van der Waals surface area contributed by atoms with Gasteiger partial charge in [0.15, 0.2) is 0 Å². The molecule has 2 aliphatic rings. The first kappa shape index (κ1) is 13.3. The molecule has 0 aromatic heterocycles. The van der Waals surface area contributed by atoms with E-state index in [9.17, 15) is 4.79 Å². The number of piperazine rings is 1. The molecule has 0 aliphatic carbocycles. The van der Waals surface area contributed by atoms with Crippen molar-refractivity contribution in [3.8, 4) is 0 Å². The van der Waals surface area contributed by atoms with Gasteiger partial charge in [-0.15, -0.1) is 0 Å². The lowest BCUT2D eigenvalue weighted by molar-refractivity contribution is 0.0150. The number of carboxylic acid groups (broad SMARTS) is 1. The lowest BCUT2D eigenvalue weighted by Crippen LogP contribution is -2.48. The molecule has 2 fully saturated rings. The van der Waals surface area contributed by atoms with E-state index in [1.807, 2.05) is 0 Å². The molecular weight excluding hydrogens is 208 g/mol. The van der Waals surface area contributed by atoms with Gasteiger partial charge in [0.1, 0.15) is 5.60 Å². The van der Waals surface area contributed by atoms with E-state index in [1.54, 1.807) is 20.8 Å². The van der Waals surface area contributed by atoms with Gasteiger partial charge in [-0.25, -0.2) is 4.79 Å². The van der Waals surface area contributed by atoms with Crippen molar-refractivity contribution in [1.29, 1.82) is 0 Å². The summed E-state index contributed by atoms with van der Waals surface area (Å²) in [7, 11) is 0. The quantitative estimate of drug-likeness (QED) is 0.545. The number of ether oxygens (including phenoxy) is 1. The summed E-state index contributed by atoms with van der Waals surface area (Å²) < 4.78 is 4.35. The highest BCUT2D eigenvalue weighted by Crippen LogP contribution is 2.13. The van der Waals surface area contributed by atoms with Gasteiger partial charge in [0, 0.05) is 25.2 Å². The largest absolute Gasteiger partial charge is 0.506 e. The van der Waals surface area contributed by atoms with Crippen LogP contribution in [0.1, 0.15) is 33.6 Å². The van der Waals surface area contributed by atoms with Crippen LogP contribution in [-0.2, 0) is 4.74 Å². The Morgan fingerprint density at radius 1 is 1.25 bits per heavy atom. The Morgan fingerprint density at radius 2 is 1.75 bits per heavy atom. The Morgan fingerprint density at radius 3 is 2.00 bits per heavy atom. The molecular formula is C11H22N2O3. The summed E-state index contributed by atoms with van der Waals surface area (Å²) in [6, 6.07) is 1.60. The maximum absolute atomic E-state index is 9.79. The molecule has 2 saturated heterocycles. The van der Waals surface area contributed by atoms with Crippen LogP contribution in [0.3, 0.4) is 0 Å². The lowest BCUT2D eigenvalue weighted by Gasteiger charge is -2.21. The highest BCUT2D eigenvalue weighted by molar-refractivity contribution is 5.57. The first-order valence-corrected chi connectivity index (χ1v) is 5.75. The van der Waals surface area contributed by atoms with E-state index in [0.717, 1.165) is 12.1 Å². The highest BCUT2D eigenvalue weighted by atomic mass is 16.7. The van der Waals surface area contributed by atoms with Gasteiger partial charge in [0.2, 0.25) is 0 Å². The number of carbonyl (C=O) groups is 1. The van der Waals surface area contributed by atoms with Gasteiger partial charge in [-0.05, 0) is 33.6 Å². The molecule has 2 unspecified atom stereocenters. The second kappa shape index (κ2) is 5.50. The molecule has 2 aliphatic heterocycles. The third-order valence-electron chi connectivity index (χ3n) is 2.51. The Kier molecular flexibility index (Phi) is 4.56. The topological polar surface area (TPSA) is 70.6 Å².